The zero-order chi connectivity index (χ0) is 13.0. The van der Waals surface area contributed by atoms with E-state index in [1.807, 2.05) is 11.5 Å². The monoisotopic (exact) mass is 253 g/mol. The van der Waals surface area contributed by atoms with Crippen molar-refractivity contribution in [2.75, 3.05) is 26.7 Å². The third kappa shape index (κ3) is 2.85. The number of ether oxygens (including phenoxy) is 1. The number of hydrogen-bond acceptors (Lipinski definition) is 6. The van der Waals surface area contributed by atoms with E-state index in [2.05, 4.69) is 20.4 Å². The Bertz CT molecular complexity index is 406. The Labute approximate surface area is 106 Å². The van der Waals surface area contributed by atoms with E-state index in [1.54, 1.807) is 13.4 Å². The molecule has 0 aliphatic carbocycles. The van der Waals surface area contributed by atoms with Crippen LogP contribution in [-0.2, 0) is 22.6 Å². The molecule has 0 spiro atoms. The first kappa shape index (κ1) is 13.0. The molecular formula is C11H19N5O2. The maximum Gasteiger partial charge on any atom is 0.324 e. The van der Waals surface area contributed by atoms with E-state index in [4.69, 9.17) is 4.74 Å². The maximum atomic E-state index is 11.7. The topological polar surface area (TPSA) is 72.3 Å². The number of likely N-dealkylation sites (N-methyl/N-ethyl adjacent to an activating group) is 1. The zero-order valence-corrected chi connectivity index (χ0v) is 10.8. The molecule has 1 N–H and O–H groups in total. The average Bonchev–Trinajstić information content (AvgIpc) is 2.83. The first-order valence-corrected chi connectivity index (χ1v) is 6.17. The van der Waals surface area contributed by atoms with Crippen molar-refractivity contribution < 1.29 is 9.53 Å². The van der Waals surface area contributed by atoms with Crippen LogP contribution in [0.2, 0.25) is 0 Å². The quantitative estimate of drug-likeness (QED) is 0.696. The molecule has 1 unspecified atom stereocenters. The number of aromatic nitrogens is 3. The van der Waals surface area contributed by atoms with Gasteiger partial charge >= 0.3 is 5.97 Å². The summed E-state index contributed by atoms with van der Waals surface area (Å²) in [6.45, 7) is 5.32. The van der Waals surface area contributed by atoms with Crippen molar-refractivity contribution in [3.05, 3.63) is 12.2 Å². The third-order valence-corrected chi connectivity index (χ3v) is 3.08. The fourth-order valence-corrected chi connectivity index (χ4v) is 2.06. The number of esters is 1. The van der Waals surface area contributed by atoms with Gasteiger partial charge in [0.25, 0.3) is 0 Å². The number of nitrogens with one attached hydrogen (secondary N) is 1. The summed E-state index contributed by atoms with van der Waals surface area (Å²) < 4.78 is 7.07. The molecule has 100 valence electrons. The van der Waals surface area contributed by atoms with Crippen LogP contribution < -0.4 is 5.32 Å². The number of hydrogen-bond donors (Lipinski definition) is 1. The van der Waals surface area contributed by atoms with Crippen molar-refractivity contribution in [3.63, 3.8) is 0 Å². The molecule has 18 heavy (non-hydrogen) atoms. The van der Waals surface area contributed by atoms with Crippen molar-refractivity contribution in [1.82, 2.24) is 25.0 Å². The normalized spacial score (nSPS) is 17.2. The summed E-state index contributed by atoms with van der Waals surface area (Å²) in [5.41, 5.74) is 0. The van der Waals surface area contributed by atoms with Gasteiger partial charge in [0.15, 0.2) is 0 Å². The Morgan fingerprint density at radius 3 is 3.17 bits per heavy atom. The van der Waals surface area contributed by atoms with Gasteiger partial charge in [0, 0.05) is 19.6 Å². The molecule has 0 saturated heterocycles. The zero-order valence-electron chi connectivity index (χ0n) is 10.8. The molecule has 2 heterocycles. The van der Waals surface area contributed by atoms with Gasteiger partial charge in [-0.2, -0.15) is 0 Å². The van der Waals surface area contributed by atoms with Gasteiger partial charge in [-0.25, -0.2) is 0 Å². The second-order valence-electron chi connectivity index (χ2n) is 4.27. The molecule has 0 bridgehead atoms. The van der Waals surface area contributed by atoms with E-state index in [0.29, 0.717) is 13.2 Å². The lowest BCUT2D eigenvalue weighted by molar-refractivity contribution is -0.146. The Kier molecular flexibility index (Phi) is 4.27. The van der Waals surface area contributed by atoms with Gasteiger partial charge in [-0.15, -0.1) is 10.2 Å². The van der Waals surface area contributed by atoms with E-state index in [1.165, 1.54) is 0 Å². The average molecular weight is 253 g/mol. The predicted molar refractivity (Wildman–Crippen MR) is 64.8 cm³/mol. The van der Waals surface area contributed by atoms with Crippen LogP contribution >= 0.6 is 0 Å². The second-order valence-corrected chi connectivity index (χ2v) is 4.27. The van der Waals surface area contributed by atoms with Crippen LogP contribution in [0.4, 0.5) is 0 Å². The van der Waals surface area contributed by atoms with Crippen molar-refractivity contribution in [1.29, 1.82) is 0 Å². The maximum absolute atomic E-state index is 11.7. The van der Waals surface area contributed by atoms with Crippen molar-refractivity contribution in [2.45, 2.75) is 26.1 Å². The largest absolute Gasteiger partial charge is 0.465 e. The molecule has 1 aliphatic rings. The van der Waals surface area contributed by atoms with Crippen LogP contribution in [0.1, 0.15) is 12.7 Å². The molecule has 0 aromatic carbocycles. The highest BCUT2D eigenvalue weighted by Crippen LogP contribution is 2.09. The lowest BCUT2D eigenvalue weighted by Crippen LogP contribution is -2.47. The summed E-state index contributed by atoms with van der Waals surface area (Å²) in [5, 5.41) is 10.9. The Morgan fingerprint density at radius 2 is 2.44 bits per heavy atom. The number of nitrogens with zero attached hydrogens (tertiary/aromatic N) is 4. The van der Waals surface area contributed by atoms with Crippen LogP contribution in [-0.4, -0.2) is 58.4 Å². The van der Waals surface area contributed by atoms with Crippen molar-refractivity contribution in [3.8, 4) is 0 Å². The van der Waals surface area contributed by atoms with Crippen LogP contribution in [0.3, 0.4) is 0 Å². The minimum atomic E-state index is -0.292. The van der Waals surface area contributed by atoms with E-state index in [0.717, 1.165) is 25.5 Å². The van der Waals surface area contributed by atoms with E-state index in [-0.39, 0.29) is 12.0 Å². The summed E-state index contributed by atoms with van der Waals surface area (Å²) in [6.07, 6.45) is 1.74. The van der Waals surface area contributed by atoms with E-state index >= 15 is 0 Å². The molecule has 1 atom stereocenters. The highest BCUT2D eigenvalue weighted by atomic mass is 16.5. The van der Waals surface area contributed by atoms with E-state index < -0.39 is 0 Å². The summed E-state index contributed by atoms with van der Waals surface area (Å²) in [4.78, 5) is 13.9. The number of fused-ring (bicyclic) bond motifs is 1. The van der Waals surface area contributed by atoms with Crippen LogP contribution in [0.5, 0.6) is 0 Å². The van der Waals surface area contributed by atoms with Crippen LogP contribution in [0.15, 0.2) is 6.33 Å². The molecule has 7 heteroatoms. The van der Waals surface area contributed by atoms with E-state index in [9.17, 15) is 4.79 Å². The summed E-state index contributed by atoms with van der Waals surface area (Å²) >= 11 is 0. The highest BCUT2D eigenvalue weighted by Gasteiger charge is 2.24. The lowest BCUT2D eigenvalue weighted by atomic mass is 10.2. The van der Waals surface area contributed by atoms with Gasteiger partial charge in [0.05, 0.1) is 13.2 Å². The first-order valence-electron chi connectivity index (χ1n) is 6.17. The fourth-order valence-electron chi connectivity index (χ4n) is 2.06. The number of carbonyl (C=O) groups is 1. The standard InChI is InChI=1S/C11H19N5O2/c1-3-18-11(17)9(12-2)6-15-4-5-16-8-13-14-10(16)7-15/h8-9,12H,3-7H2,1-2H3. The van der Waals surface area contributed by atoms with Gasteiger partial charge in [-0.1, -0.05) is 0 Å². The first-order chi connectivity index (χ1) is 8.74. The van der Waals surface area contributed by atoms with Crippen LogP contribution in [0, 0.1) is 0 Å². The minimum absolute atomic E-state index is 0.202. The molecule has 1 aliphatic heterocycles. The van der Waals surface area contributed by atoms with Gasteiger partial charge in [-0.3, -0.25) is 9.69 Å². The number of carbonyl (C=O) groups excluding carboxylic acids is 1. The fraction of sp³-hybridized carbons (Fsp3) is 0.727. The molecule has 0 radical (unpaired) electrons. The molecule has 2 rings (SSSR count). The summed E-state index contributed by atoms with van der Waals surface area (Å²) in [5.74, 6) is 0.743. The molecular weight excluding hydrogens is 234 g/mol. The summed E-state index contributed by atoms with van der Waals surface area (Å²) in [7, 11) is 1.77. The Hall–Kier alpha value is -1.47. The molecule has 7 nitrogen and oxygen atoms in total. The molecule has 0 amide bonds. The second kappa shape index (κ2) is 5.92. The summed E-state index contributed by atoms with van der Waals surface area (Å²) in [6, 6.07) is -0.292. The Morgan fingerprint density at radius 1 is 1.61 bits per heavy atom. The molecule has 0 fully saturated rings. The van der Waals surface area contributed by atoms with Crippen LogP contribution in [0.25, 0.3) is 0 Å². The lowest BCUT2D eigenvalue weighted by Gasteiger charge is -2.29. The molecule has 0 saturated carbocycles. The van der Waals surface area contributed by atoms with Crippen molar-refractivity contribution in [2.24, 2.45) is 0 Å². The van der Waals surface area contributed by atoms with Gasteiger partial charge < -0.3 is 14.6 Å². The smallest absolute Gasteiger partial charge is 0.324 e. The van der Waals surface area contributed by atoms with Gasteiger partial charge in [-0.05, 0) is 14.0 Å². The molecule has 1 aromatic rings. The minimum Gasteiger partial charge on any atom is -0.465 e. The number of rotatable bonds is 5. The molecule has 1 aromatic heterocycles. The third-order valence-electron chi connectivity index (χ3n) is 3.08. The SMILES string of the molecule is CCOC(=O)C(CN1CCn2cnnc2C1)NC. The van der Waals surface area contributed by atoms with Crippen molar-refractivity contribution >= 4 is 5.97 Å². The van der Waals surface area contributed by atoms with Gasteiger partial charge in [0.1, 0.15) is 18.2 Å². The highest BCUT2D eigenvalue weighted by molar-refractivity contribution is 5.76. The predicted octanol–water partition coefficient (Wildman–Crippen LogP) is -0.755. The Balaban J connectivity index is 1.91. The van der Waals surface area contributed by atoms with Gasteiger partial charge in [0.2, 0.25) is 0 Å².